The highest BCUT2D eigenvalue weighted by Gasteiger charge is 2.35. The van der Waals surface area contributed by atoms with Gasteiger partial charge in [0.1, 0.15) is 12.4 Å². The Balaban J connectivity index is 1.47. The van der Waals surface area contributed by atoms with Gasteiger partial charge in [-0.05, 0) is 6.07 Å². The summed E-state index contributed by atoms with van der Waals surface area (Å²) in [6, 6.07) is 8.26. The van der Waals surface area contributed by atoms with Crippen molar-refractivity contribution in [2.24, 2.45) is 5.73 Å². The number of nitrogens with one attached hydrogen (secondary N) is 1. The Hall–Kier alpha value is -1.79. The zero-order valence-corrected chi connectivity index (χ0v) is 12.1. The number of carbonyl (C=O) groups excluding carboxylic acids is 1. The quantitative estimate of drug-likeness (QED) is 0.814. The van der Waals surface area contributed by atoms with E-state index in [4.69, 9.17) is 10.5 Å². The lowest BCUT2D eigenvalue weighted by Crippen LogP contribution is -2.52. The van der Waals surface area contributed by atoms with Gasteiger partial charge in [0.05, 0.1) is 6.04 Å². The van der Waals surface area contributed by atoms with Crippen molar-refractivity contribution < 1.29 is 9.53 Å². The molecule has 6 nitrogen and oxygen atoms in total. The van der Waals surface area contributed by atoms with Crippen molar-refractivity contribution in [2.45, 2.75) is 12.6 Å². The van der Waals surface area contributed by atoms with E-state index in [2.05, 4.69) is 10.2 Å². The van der Waals surface area contributed by atoms with E-state index in [1.165, 1.54) is 0 Å². The van der Waals surface area contributed by atoms with E-state index in [-0.39, 0.29) is 6.03 Å². The van der Waals surface area contributed by atoms with Gasteiger partial charge in [-0.1, -0.05) is 18.2 Å². The molecular weight excluding hydrogens is 268 g/mol. The fourth-order valence-electron chi connectivity index (χ4n) is 2.97. The number of para-hydroxylation sites is 1. The zero-order valence-electron chi connectivity index (χ0n) is 12.1. The molecule has 2 fully saturated rings. The summed E-state index contributed by atoms with van der Waals surface area (Å²) in [5, 5.41) is 2.89. The van der Waals surface area contributed by atoms with Crippen LogP contribution in [-0.4, -0.2) is 61.2 Å². The molecule has 0 aromatic heterocycles. The Morgan fingerprint density at radius 3 is 3.05 bits per heavy atom. The third kappa shape index (κ3) is 3.11. The first-order valence-electron chi connectivity index (χ1n) is 7.45. The molecule has 0 bridgehead atoms. The minimum atomic E-state index is 0.0766. The fourth-order valence-corrected chi connectivity index (χ4v) is 2.97. The molecule has 21 heavy (non-hydrogen) atoms. The minimum absolute atomic E-state index is 0.0766. The molecule has 0 spiro atoms. The highest BCUT2D eigenvalue weighted by molar-refractivity contribution is 5.77. The molecule has 6 heteroatoms. The monoisotopic (exact) mass is 290 g/mol. The van der Waals surface area contributed by atoms with Gasteiger partial charge in [0, 0.05) is 44.8 Å². The van der Waals surface area contributed by atoms with Crippen molar-refractivity contribution in [3.05, 3.63) is 29.8 Å². The van der Waals surface area contributed by atoms with Crippen LogP contribution in [0.2, 0.25) is 0 Å². The molecule has 0 aliphatic carbocycles. The number of ether oxygens (including phenoxy) is 1. The van der Waals surface area contributed by atoms with E-state index in [0.29, 0.717) is 19.2 Å². The summed E-state index contributed by atoms with van der Waals surface area (Å²) < 4.78 is 5.85. The molecule has 1 atom stereocenters. The molecule has 0 radical (unpaired) electrons. The number of nitrogens with zero attached hydrogens (tertiary/aromatic N) is 2. The molecule has 3 N–H and O–H groups in total. The Bertz CT molecular complexity index is 508. The number of rotatable bonds is 5. The van der Waals surface area contributed by atoms with E-state index >= 15 is 0 Å². The number of benzene rings is 1. The van der Waals surface area contributed by atoms with Crippen LogP contribution in [0.25, 0.3) is 0 Å². The van der Waals surface area contributed by atoms with Crippen LogP contribution in [0, 0.1) is 0 Å². The van der Waals surface area contributed by atoms with Gasteiger partial charge in [0.2, 0.25) is 0 Å². The summed E-state index contributed by atoms with van der Waals surface area (Å²) in [5.41, 5.74) is 6.74. The molecule has 1 unspecified atom stereocenters. The van der Waals surface area contributed by atoms with Crippen molar-refractivity contribution in [2.75, 3.05) is 39.3 Å². The number of hydrogen-bond donors (Lipinski definition) is 2. The van der Waals surface area contributed by atoms with Gasteiger partial charge < -0.3 is 20.7 Å². The van der Waals surface area contributed by atoms with Crippen LogP contribution >= 0.6 is 0 Å². The second kappa shape index (κ2) is 6.32. The average Bonchev–Trinajstić information content (AvgIpc) is 2.89. The molecule has 3 rings (SSSR count). The number of nitrogens with two attached hydrogens (primary N) is 1. The molecule has 2 aliphatic rings. The molecule has 114 valence electrons. The van der Waals surface area contributed by atoms with Crippen LogP contribution in [0.5, 0.6) is 5.75 Å². The van der Waals surface area contributed by atoms with Gasteiger partial charge in [0.25, 0.3) is 0 Å². The van der Waals surface area contributed by atoms with Crippen LogP contribution in [0.3, 0.4) is 0 Å². The standard InChI is InChI=1S/C15H22N4O2/c16-9-12-3-1-2-4-14(12)21-8-7-18-5-6-19-13(11-18)10-17-15(19)20/h1-4,13H,5-11,16H2,(H,17,20). The fraction of sp³-hybridized carbons (Fsp3) is 0.533. The van der Waals surface area contributed by atoms with Gasteiger partial charge >= 0.3 is 6.03 Å². The Morgan fingerprint density at radius 2 is 2.19 bits per heavy atom. The van der Waals surface area contributed by atoms with Crippen molar-refractivity contribution in [1.29, 1.82) is 0 Å². The number of amides is 2. The van der Waals surface area contributed by atoms with E-state index in [9.17, 15) is 4.79 Å². The minimum Gasteiger partial charge on any atom is -0.492 e. The van der Waals surface area contributed by atoms with Gasteiger partial charge in [-0.15, -0.1) is 0 Å². The van der Waals surface area contributed by atoms with Gasteiger partial charge in [-0.25, -0.2) is 4.79 Å². The third-order valence-corrected chi connectivity index (χ3v) is 4.17. The van der Waals surface area contributed by atoms with Crippen molar-refractivity contribution in [3.8, 4) is 5.75 Å². The molecule has 2 amide bonds. The molecule has 2 heterocycles. The number of piperazine rings is 1. The van der Waals surface area contributed by atoms with Crippen LogP contribution in [0.4, 0.5) is 4.79 Å². The molecule has 1 aromatic carbocycles. The number of carbonyl (C=O) groups is 1. The summed E-state index contributed by atoms with van der Waals surface area (Å²) in [6.45, 7) is 5.39. The lowest BCUT2D eigenvalue weighted by molar-refractivity contribution is 0.108. The highest BCUT2D eigenvalue weighted by Crippen LogP contribution is 2.18. The summed E-state index contributed by atoms with van der Waals surface area (Å²) in [7, 11) is 0. The summed E-state index contributed by atoms with van der Waals surface area (Å²) in [4.78, 5) is 15.8. The maximum Gasteiger partial charge on any atom is 0.317 e. The highest BCUT2D eigenvalue weighted by atomic mass is 16.5. The maximum absolute atomic E-state index is 11.5. The summed E-state index contributed by atoms with van der Waals surface area (Å²) in [5.74, 6) is 0.872. The molecular formula is C15H22N4O2. The van der Waals surface area contributed by atoms with Gasteiger partial charge in [-0.3, -0.25) is 4.90 Å². The number of fused-ring (bicyclic) bond motifs is 1. The third-order valence-electron chi connectivity index (χ3n) is 4.17. The Morgan fingerprint density at radius 1 is 1.33 bits per heavy atom. The lowest BCUT2D eigenvalue weighted by Gasteiger charge is -2.36. The Kier molecular flexibility index (Phi) is 4.26. The first-order chi connectivity index (χ1) is 10.3. The van der Waals surface area contributed by atoms with Crippen molar-refractivity contribution in [3.63, 3.8) is 0 Å². The lowest BCUT2D eigenvalue weighted by atomic mass is 10.2. The molecule has 2 saturated heterocycles. The van der Waals surface area contributed by atoms with Crippen LogP contribution < -0.4 is 15.8 Å². The number of urea groups is 1. The van der Waals surface area contributed by atoms with Crippen LogP contribution in [-0.2, 0) is 6.54 Å². The van der Waals surface area contributed by atoms with E-state index in [1.54, 1.807) is 0 Å². The van der Waals surface area contributed by atoms with E-state index in [1.807, 2.05) is 29.2 Å². The second-order valence-corrected chi connectivity index (χ2v) is 5.49. The normalized spacial score (nSPS) is 22.0. The first kappa shape index (κ1) is 14.2. The topological polar surface area (TPSA) is 70.8 Å². The largest absolute Gasteiger partial charge is 0.492 e. The summed E-state index contributed by atoms with van der Waals surface area (Å²) in [6.07, 6.45) is 0. The van der Waals surface area contributed by atoms with Crippen molar-refractivity contribution >= 4 is 6.03 Å². The smallest absolute Gasteiger partial charge is 0.317 e. The van der Waals surface area contributed by atoms with Gasteiger partial charge in [-0.2, -0.15) is 0 Å². The van der Waals surface area contributed by atoms with E-state index < -0.39 is 0 Å². The SMILES string of the molecule is NCc1ccccc1OCCN1CCN2C(=O)NCC2C1. The predicted octanol–water partition coefficient (Wildman–Crippen LogP) is 0.234. The van der Waals surface area contributed by atoms with E-state index in [0.717, 1.165) is 44.0 Å². The average molecular weight is 290 g/mol. The van der Waals surface area contributed by atoms with Crippen molar-refractivity contribution in [1.82, 2.24) is 15.1 Å². The molecule has 2 aliphatic heterocycles. The Labute approximate surface area is 124 Å². The zero-order chi connectivity index (χ0) is 14.7. The van der Waals surface area contributed by atoms with Crippen LogP contribution in [0.1, 0.15) is 5.56 Å². The number of hydrogen-bond acceptors (Lipinski definition) is 4. The van der Waals surface area contributed by atoms with Gasteiger partial charge in [0.15, 0.2) is 0 Å². The molecule has 0 saturated carbocycles. The second-order valence-electron chi connectivity index (χ2n) is 5.49. The predicted molar refractivity (Wildman–Crippen MR) is 80.2 cm³/mol. The summed E-state index contributed by atoms with van der Waals surface area (Å²) >= 11 is 0. The van der Waals surface area contributed by atoms with Crippen LogP contribution in [0.15, 0.2) is 24.3 Å². The molecule has 1 aromatic rings. The first-order valence-corrected chi connectivity index (χ1v) is 7.45. The maximum atomic E-state index is 11.5.